The third kappa shape index (κ3) is 3.72. The van der Waals surface area contributed by atoms with Crippen LogP contribution in [-0.2, 0) is 0 Å². The second kappa shape index (κ2) is 8.24. The van der Waals surface area contributed by atoms with Gasteiger partial charge in [-0.05, 0) is 67.1 Å². The summed E-state index contributed by atoms with van der Waals surface area (Å²) in [6.45, 7) is 1.88. The molecule has 1 aliphatic rings. The second-order valence-corrected chi connectivity index (χ2v) is 7.94. The number of nitrogens with zero attached hydrogens (tertiary/aromatic N) is 1. The lowest BCUT2D eigenvalue weighted by atomic mass is 10.0. The number of aromatic nitrogens is 1. The van der Waals surface area contributed by atoms with Crippen molar-refractivity contribution in [1.29, 1.82) is 0 Å². The number of ketones is 1. The van der Waals surface area contributed by atoms with E-state index in [1.807, 2.05) is 31.2 Å². The predicted molar refractivity (Wildman–Crippen MR) is 127 cm³/mol. The first kappa shape index (κ1) is 20.5. The summed E-state index contributed by atoms with van der Waals surface area (Å²) in [6.07, 6.45) is 1.67. The van der Waals surface area contributed by atoms with Gasteiger partial charge >= 0.3 is 0 Å². The molecule has 0 saturated heterocycles. The van der Waals surface area contributed by atoms with E-state index in [9.17, 15) is 14.4 Å². The fourth-order valence-electron chi connectivity index (χ4n) is 4.08. The summed E-state index contributed by atoms with van der Waals surface area (Å²) in [7, 11) is 0. The summed E-state index contributed by atoms with van der Waals surface area (Å²) in [5.41, 5.74) is 4.27. The highest BCUT2D eigenvalue weighted by atomic mass is 16.2. The molecule has 2 heterocycles. The molecule has 5 rings (SSSR count). The Morgan fingerprint density at radius 3 is 2.39 bits per heavy atom. The molecule has 6 heteroatoms. The fraction of sp³-hybridized carbons (Fsp3) is 0.0741. The first-order valence-corrected chi connectivity index (χ1v) is 10.6. The molecule has 1 amide bonds. The van der Waals surface area contributed by atoms with Gasteiger partial charge in [0, 0.05) is 28.7 Å². The van der Waals surface area contributed by atoms with Crippen LogP contribution < -0.4 is 10.6 Å². The molecule has 33 heavy (non-hydrogen) atoms. The Hall–Kier alpha value is -4.45. The lowest BCUT2D eigenvalue weighted by molar-refractivity contribution is 0.0949. The van der Waals surface area contributed by atoms with Crippen molar-refractivity contribution in [1.82, 2.24) is 4.57 Å². The number of hydrogen-bond donors (Lipinski definition) is 2. The van der Waals surface area contributed by atoms with Crippen LogP contribution >= 0.6 is 0 Å². The van der Waals surface area contributed by atoms with Crippen molar-refractivity contribution in [3.05, 3.63) is 119 Å². The lowest BCUT2D eigenvalue weighted by Gasteiger charge is -2.18. The van der Waals surface area contributed by atoms with Gasteiger partial charge in [0.2, 0.25) is 0 Å². The molecule has 0 spiro atoms. The number of Topliss-reactive ketones (excluding diaryl/α,β-unsaturated/α-hetero) is 1. The number of benzene rings is 3. The molecular formula is C27H21N3O3. The van der Waals surface area contributed by atoms with Crippen LogP contribution in [0.5, 0.6) is 0 Å². The average Bonchev–Trinajstić information content (AvgIpc) is 3.28. The summed E-state index contributed by atoms with van der Waals surface area (Å²) >= 11 is 0. The molecule has 6 nitrogen and oxygen atoms in total. The van der Waals surface area contributed by atoms with Crippen molar-refractivity contribution in [3.8, 4) is 0 Å². The molecule has 0 radical (unpaired) electrons. The first-order chi connectivity index (χ1) is 16.0. The number of rotatable bonds is 4. The van der Waals surface area contributed by atoms with E-state index < -0.39 is 6.04 Å². The standard InChI is InChI=1S/C27H21N3O3/c1-17-7-2-3-8-20(17)26(32)28-19-14-12-18(13-15-19)25(31)24-23-11-6-16-30(23)27(33)21-9-4-5-10-22(21)29-24/h2-16,24,29H,1H3,(H,28,32). The van der Waals surface area contributed by atoms with Gasteiger partial charge in [0.15, 0.2) is 5.78 Å². The number of carbonyl (C=O) groups excluding carboxylic acids is 3. The van der Waals surface area contributed by atoms with Crippen molar-refractivity contribution in [2.45, 2.75) is 13.0 Å². The molecule has 3 aromatic carbocycles. The summed E-state index contributed by atoms with van der Waals surface area (Å²) < 4.78 is 1.51. The van der Waals surface area contributed by atoms with Crippen molar-refractivity contribution >= 4 is 29.0 Å². The van der Waals surface area contributed by atoms with Crippen LogP contribution in [0.1, 0.15) is 48.4 Å². The maximum Gasteiger partial charge on any atom is 0.264 e. The van der Waals surface area contributed by atoms with Gasteiger partial charge in [-0.15, -0.1) is 0 Å². The van der Waals surface area contributed by atoms with Crippen molar-refractivity contribution < 1.29 is 14.4 Å². The minimum Gasteiger partial charge on any atom is -0.370 e. The quantitative estimate of drug-likeness (QED) is 0.438. The van der Waals surface area contributed by atoms with Gasteiger partial charge in [0.25, 0.3) is 11.8 Å². The fourth-order valence-corrected chi connectivity index (χ4v) is 4.08. The van der Waals surface area contributed by atoms with Gasteiger partial charge in [0.05, 0.1) is 11.3 Å². The van der Waals surface area contributed by atoms with Gasteiger partial charge in [-0.1, -0.05) is 30.3 Å². The molecule has 0 aliphatic carbocycles. The van der Waals surface area contributed by atoms with E-state index in [4.69, 9.17) is 0 Å². The van der Waals surface area contributed by atoms with E-state index in [1.54, 1.807) is 66.9 Å². The van der Waals surface area contributed by atoms with Crippen LogP contribution in [0, 0.1) is 6.92 Å². The third-order valence-electron chi connectivity index (χ3n) is 5.83. The molecule has 1 atom stereocenters. The highest BCUT2D eigenvalue weighted by molar-refractivity contribution is 6.08. The van der Waals surface area contributed by atoms with E-state index >= 15 is 0 Å². The molecule has 1 unspecified atom stereocenters. The molecule has 1 aromatic heterocycles. The zero-order chi connectivity index (χ0) is 22.9. The minimum atomic E-state index is -0.722. The van der Waals surface area contributed by atoms with E-state index in [0.717, 1.165) is 5.56 Å². The van der Waals surface area contributed by atoms with Gasteiger partial charge in [-0.25, -0.2) is 0 Å². The Balaban J connectivity index is 1.41. The highest BCUT2D eigenvalue weighted by Gasteiger charge is 2.31. The first-order valence-electron chi connectivity index (χ1n) is 10.6. The third-order valence-corrected chi connectivity index (χ3v) is 5.83. The van der Waals surface area contributed by atoms with Gasteiger partial charge in [0.1, 0.15) is 6.04 Å². The molecule has 2 N–H and O–H groups in total. The van der Waals surface area contributed by atoms with Crippen molar-refractivity contribution in [2.75, 3.05) is 10.6 Å². The number of fused-ring (bicyclic) bond motifs is 2. The van der Waals surface area contributed by atoms with E-state index in [2.05, 4.69) is 10.6 Å². The lowest BCUT2D eigenvalue weighted by Crippen LogP contribution is -2.23. The maximum atomic E-state index is 13.5. The normalized spacial score (nSPS) is 14.5. The zero-order valence-electron chi connectivity index (χ0n) is 17.9. The van der Waals surface area contributed by atoms with Crippen molar-refractivity contribution in [2.24, 2.45) is 0 Å². The summed E-state index contributed by atoms with van der Waals surface area (Å²) in [6, 6.07) is 24.1. The SMILES string of the molecule is Cc1ccccc1C(=O)Nc1ccc(C(=O)C2Nc3ccccc3C(=O)n3cccc32)cc1. The van der Waals surface area contributed by atoms with Crippen LogP contribution in [0.2, 0.25) is 0 Å². The van der Waals surface area contributed by atoms with Gasteiger partial charge < -0.3 is 10.6 Å². The number of aryl methyl sites for hydroxylation is 1. The summed E-state index contributed by atoms with van der Waals surface area (Å²) in [4.78, 5) is 39.0. The Bertz CT molecular complexity index is 1390. The average molecular weight is 435 g/mol. The highest BCUT2D eigenvalue weighted by Crippen LogP contribution is 2.31. The number of anilines is 2. The largest absolute Gasteiger partial charge is 0.370 e. The van der Waals surface area contributed by atoms with Gasteiger partial charge in [-0.2, -0.15) is 0 Å². The topological polar surface area (TPSA) is 80.2 Å². The summed E-state index contributed by atoms with van der Waals surface area (Å²) in [5.74, 6) is -0.551. The Labute approximate surface area is 190 Å². The summed E-state index contributed by atoms with van der Waals surface area (Å²) in [5, 5.41) is 6.11. The smallest absolute Gasteiger partial charge is 0.264 e. The Morgan fingerprint density at radius 2 is 1.61 bits per heavy atom. The molecule has 4 aromatic rings. The van der Waals surface area contributed by atoms with E-state index in [-0.39, 0.29) is 17.6 Å². The molecule has 0 bridgehead atoms. The molecule has 1 aliphatic heterocycles. The van der Waals surface area contributed by atoms with Crippen LogP contribution in [0.15, 0.2) is 91.1 Å². The Kier molecular flexibility index (Phi) is 5.11. The number of carbonyl (C=O) groups is 3. The number of nitrogens with one attached hydrogen (secondary N) is 2. The van der Waals surface area contributed by atoms with Crippen LogP contribution in [-0.4, -0.2) is 22.2 Å². The number of hydrogen-bond acceptors (Lipinski definition) is 4. The maximum absolute atomic E-state index is 13.5. The molecule has 0 saturated carbocycles. The second-order valence-electron chi connectivity index (χ2n) is 7.94. The van der Waals surface area contributed by atoms with Crippen LogP contribution in [0.3, 0.4) is 0 Å². The number of para-hydroxylation sites is 1. The van der Waals surface area contributed by atoms with E-state index in [0.29, 0.717) is 33.8 Å². The molecular weight excluding hydrogens is 414 g/mol. The number of amides is 1. The molecule has 162 valence electrons. The van der Waals surface area contributed by atoms with Crippen LogP contribution in [0.4, 0.5) is 11.4 Å². The van der Waals surface area contributed by atoms with Gasteiger partial charge in [-0.3, -0.25) is 19.0 Å². The predicted octanol–water partition coefficient (Wildman–Crippen LogP) is 5.09. The van der Waals surface area contributed by atoms with E-state index in [1.165, 1.54) is 4.57 Å². The molecule has 0 fully saturated rings. The van der Waals surface area contributed by atoms with Crippen LogP contribution in [0.25, 0.3) is 0 Å². The van der Waals surface area contributed by atoms with Crippen molar-refractivity contribution in [3.63, 3.8) is 0 Å². The monoisotopic (exact) mass is 435 g/mol. The minimum absolute atomic E-state index is 0.170. The Morgan fingerprint density at radius 1 is 0.879 bits per heavy atom. The zero-order valence-corrected chi connectivity index (χ0v) is 17.9.